The highest BCUT2D eigenvalue weighted by Crippen LogP contribution is 2.20. The van der Waals surface area contributed by atoms with Gasteiger partial charge in [-0.3, -0.25) is 4.79 Å². The summed E-state index contributed by atoms with van der Waals surface area (Å²) in [5.41, 5.74) is 0.918. The Hall–Kier alpha value is -2.15. The van der Waals surface area contributed by atoms with E-state index in [-0.39, 0.29) is 6.61 Å². The molecule has 0 aliphatic carbocycles. The van der Waals surface area contributed by atoms with Crippen molar-refractivity contribution in [2.45, 2.75) is 19.6 Å². The number of esters is 1. The minimum absolute atomic E-state index is 0.116. The Balaban J connectivity index is 2.40. The van der Waals surface area contributed by atoms with Gasteiger partial charge in [-0.25, -0.2) is 13.2 Å². The van der Waals surface area contributed by atoms with E-state index in [2.05, 4.69) is 4.74 Å². The topological polar surface area (TPSA) is 90.7 Å². The summed E-state index contributed by atoms with van der Waals surface area (Å²) in [5, 5.41) is 0.548. The molecule has 0 amide bonds. The summed E-state index contributed by atoms with van der Waals surface area (Å²) in [4.78, 5) is 22.9. The molecule has 2 aromatic rings. The molecule has 22 heavy (non-hydrogen) atoms. The van der Waals surface area contributed by atoms with Crippen LogP contribution in [0, 0.1) is 6.92 Å². The van der Waals surface area contributed by atoms with Crippen molar-refractivity contribution in [1.82, 2.24) is 0 Å². The molecule has 118 valence electrons. The molecule has 0 N–H and O–H groups in total. The van der Waals surface area contributed by atoms with Crippen LogP contribution in [0.15, 0.2) is 33.5 Å². The van der Waals surface area contributed by atoms with Crippen LogP contribution in [0.5, 0.6) is 0 Å². The van der Waals surface area contributed by atoms with E-state index >= 15 is 0 Å². The van der Waals surface area contributed by atoms with Crippen LogP contribution in [-0.4, -0.2) is 26.7 Å². The Morgan fingerprint density at radius 1 is 1.27 bits per heavy atom. The fourth-order valence-electron chi connectivity index (χ4n) is 2.13. The van der Waals surface area contributed by atoms with E-state index in [4.69, 9.17) is 4.42 Å². The SMILES string of the molecule is CCOC(=O)CS(=O)(=O)Cc1cc(=O)oc2ccc(C)cc12. The van der Waals surface area contributed by atoms with Gasteiger partial charge in [0.15, 0.2) is 9.84 Å². The summed E-state index contributed by atoms with van der Waals surface area (Å²) in [6.07, 6.45) is 0. The van der Waals surface area contributed by atoms with Crippen molar-refractivity contribution >= 4 is 26.8 Å². The molecule has 0 bridgehead atoms. The number of benzene rings is 1. The van der Waals surface area contributed by atoms with Crippen molar-refractivity contribution in [3.63, 3.8) is 0 Å². The molecule has 1 aromatic carbocycles. The predicted molar refractivity (Wildman–Crippen MR) is 81.3 cm³/mol. The maximum absolute atomic E-state index is 12.1. The van der Waals surface area contributed by atoms with Gasteiger partial charge in [0.1, 0.15) is 11.3 Å². The van der Waals surface area contributed by atoms with Gasteiger partial charge in [-0.15, -0.1) is 0 Å². The first-order valence-corrected chi connectivity index (χ1v) is 8.52. The summed E-state index contributed by atoms with van der Waals surface area (Å²) in [6.45, 7) is 3.57. The van der Waals surface area contributed by atoms with Gasteiger partial charge in [0.05, 0.1) is 12.4 Å². The van der Waals surface area contributed by atoms with Crippen molar-refractivity contribution in [3.8, 4) is 0 Å². The minimum Gasteiger partial charge on any atom is -0.465 e. The molecule has 0 atom stereocenters. The summed E-state index contributed by atoms with van der Waals surface area (Å²) < 4.78 is 33.9. The highest BCUT2D eigenvalue weighted by atomic mass is 32.2. The average Bonchev–Trinajstić information content (AvgIpc) is 2.38. The van der Waals surface area contributed by atoms with Crippen LogP contribution in [-0.2, 0) is 25.1 Å². The lowest BCUT2D eigenvalue weighted by Crippen LogP contribution is -2.20. The third-order valence-electron chi connectivity index (χ3n) is 3.00. The smallest absolute Gasteiger partial charge is 0.336 e. The number of hydrogen-bond acceptors (Lipinski definition) is 6. The standard InChI is InChI=1S/C15H16O6S/c1-3-20-15(17)9-22(18,19)8-11-7-14(16)21-13-5-4-10(2)6-12(11)13/h4-7H,3,8-9H2,1-2H3. The maximum Gasteiger partial charge on any atom is 0.336 e. The van der Waals surface area contributed by atoms with Gasteiger partial charge in [0, 0.05) is 11.5 Å². The molecule has 0 saturated carbocycles. The van der Waals surface area contributed by atoms with Gasteiger partial charge in [0.2, 0.25) is 0 Å². The molecule has 0 unspecified atom stereocenters. The Morgan fingerprint density at radius 3 is 2.68 bits per heavy atom. The first-order chi connectivity index (χ1) is 10.3. The molecule has 0 radical (unpaired) electrons. The molecule has 1 heterocycles. The number of carbonyl (C=O) groups is 1. The van der Waals surface area contributed by atoms with Gasteiger partial charge in [-0.1, -0.05) is 11.6 Å². The van der Waals surface area contributed by atoms with Crippen LogP contribution in [0.1, 0.15) is 18.1 Å². The van der Waals surface area contributed by atoms with Gasteiger partial charge >= 0.3 is 11.6 Å². The molecule has 0 fully saturated rings. The molecular weight excluding hydrogens is 308 g/mol. The lowest BCUT2D eigenvalue weighted by atomic mass is 10.1. The number of hydrogen-bond donors (Lipinski definition) is 0. The van der Waals surface area contributed by atoms with Crippen LogP contribution in [0.3, 0.4) is 0 Å². The van der Waals surface area contributed by atoms with Crippen molar-refractivity contribution in [2.75, 3.05) is 12.4 Å². The van der Waals surface area contributed by atoms with E-state index in [0.717, 1.165) is 11.6 Å². The van der Waals surface area contributed by atoms with Crippen LogP contribution in [0.25, 0.3) is 11.0 Å². The largest absolute Gasteiger partial charge is 0.465 e. The Bertz CT molecular complexity index is 863. The highest BCUT2D eigenvalue weighted by molar-refractivity contribution is 7.91. The monoisotopic (exact) mass is 324 g/mol. The average molecular weight is 324 g/mol. The van der Waals surface area contributed by atoms with Crippen molar-refractivity contribution in [3.05, 3.63) is 45.8 Å². The number of ether oxygens (including phenoxy) is 1. The van der Waals surface area contributed by atoms with E-state index in [0.29, 0.717) is 16.5 Å². The molecular formula is C15H16O6S. The normalized spacial score (nSPS) is 11.5. The number of rotatable bonds is 5. The second-order valence-corrected chi connectivity index (χ2v) is 6.99. The van der Waals surface area contributed by atoms with Crippen LogP contribution in [0.4, 0.5) is 0 Å². The third kappa shape index (κ3) is 3.94. The summed E-state index contributed by atoms with van der Waals surface area (Å²) >= 11 is 0. The molecule has 7 heteroatoms. The molecule has 6 nitrogen and oxygen atoms in total. The van der Waals surface area contributed by atoms with Crippen LogP contribution in [0.2, 0.25) is 0 Å². The maximum atomic E-state index is 12.1. The molecule has 0 aliphatic rings. The molecule has 1 aromatic heterocycles. The highest BCUT2D eigenvalue weighted by Gasteiger charge is 2.20. The van der Waals surface area contributed by atoms with Crippen molar-refractivity contribution < 1.29 is 22.4 Å². The van der Waals surface area contributed by atoms with Gasteiger partial charge in [0.25, 0.3) is 0 Å². The summed E-state index contributed by atoms with van der Waals surface area (Å²) in [6, 6.07) is 6.27. The Morgan fingerprint density at radius 2 is 2.00 bits per heavy atom. The van der Waals surface area contributed by atoms with E-state index in [1.807, 2.05) is 6.92 Å². The zero-order valence-electron chi connectivity index (χ0n) is 12.3. The van der Waals surface area contributed by atoms with Crippen molar-refractivity contribution in [1.29, 1.82) is 0 Å². The second-order valence-electron chi connectivity index (χ2n) is 4.93. The zero-order valence-corrected chi connectivity index (χ0v) is 13.1. The van der Waals surface area contributed by atoms with E-state index in [1.54, 1.807) is 25.1 Å². The summed E-state index contributed by atoms with van der Waals surface area (Å²) in [7, 11) is -3.73. The van der Waals surface area contributed by atoms with E-state index in [1.165, 1.54) is 0 Å². The van der Waals surface area contributed by atoms with E-state index in [9.17, 15) is 18.0 Å². The van der Waals surface area contributed by atoms with Crippen LogP contribution < -0.4 is 5.63 Å². The molecule has 0 aliphatic heterocycles. The lowest BCUT2D eigenvalue weighted by Gasteiger charge is -2.07. The fourth-order valence-corrected chi connectivity index (χ4v) is 3.39. The van der Waals surface area contributed by atoms with Crippen LogP contribution >= 0.6 is 0 Å². The third-order valence-corrected chi connectivity index (χ3v) is 4.43. The molecule has 0 saturated heterocycles. The Labute approximate surface area is 127 Å². The lowest BCUT2D eigenvalue weighted by molar-refractivity contribution is -0.139. The zero-order chi connectivity index (χ0) is 16.3. The number of sulfone groups is 1. The molecule has 2 rings (SSSR count). The quantitative estimate of drug-likeness (QED) is 0.612. The number of fused-ring (bicyclic) bond motifs is 1. The molecule has 0 spiro atoms. The fraction of sp³-hybridized carbons (Fsp3) is 0.333. The van der Waals surface area contributed by atoms with Crippen molar-refractivity contribution in [2.24, 2.45) is 0 Å². The van der Waals surface area contributed by atoms with Gasteiger partial charge in [-0.05, 0) is 31.5 Å². The minimum atomic E-state index is -3.73. The van der Waals surface area contributed by atoms with Gasteiger partial charge < -0.3 is 9.15 Å². The van der Waals surface area contributed by atoms with E-state index < -0.39 is 32.9 Å². The van der Waals surface area contributed by atoms with Gasteiger partial charge in [-0.2, -0.15) is 0 Å². The predicted octanol–water partition coefficient (Wildman–Crippen LogP) is 1.58. The summed E-state index contributed by atoms with van der Waals surface area (Å²) in [5.74, 6) is -1.93. The second kappa shape index (κ2) is 6.31. The Kier molecular flexibility index (Phi) is 4.65. The number of aryl methyl sites for hydroxylation is 1. The first kappa shape index (κ1) is 16.2. The number of carbonyl (C=O) groups excluding carboxylic acids is 1. The first-order valence-electron chi connectivity index (χ1n) is 6.70.